The van der Waals surface area contributed by atoms with Crippen molar-refractivity contribution in [2.24, 2.45) is 0 Å². The van der Waals surface area contributed by atoms with E-state index in [9.17, 15) is 8.42 Å². The normalized spacial score (nSPS) is 16.0. The van der Waals surface area contributed by atoms with Gasteiger partial charge in [0.05, 0.1) is 4.90 Å². The predicted octanol–water partition coefficient (Wildman–Crippen LogP) is 4.35. The van der Waals surface area contributed by atoms with Crippen molar-refractivity contribution in [1.82, 2.24) is 14.2 Å². The van der Waals surface area contributed by atoms with Gasteiger partial charge in [0.2, 0.25) is 10.0 Å². The average Bonchev–Trinajstić information content (AvgIpc) is 2.87. The van der Waals surface area contributed by atoms with E-state index in [0.29, 0.717) is 16.5 Å². The first-order chi connectivity index (χ1) is 16.4. The number of halogens is 1. The van der Waals surface area contributed by atoms with E-state index in [2.05, 4.69) is 14.8 Å². The van der Waals surface area contributed by atoms with Gasteiger partial charge < -0.3 is 4.90 Å². The molecule has 1 aliphatic heterocycles. The van der Waals surface area contributed by atoms with Crippen molar-refractivity contribution < 1.29 is 8.42 Å². The second-order valence-electron chi connectivity index (χ2n) is 8.67. The number of pyridine rings is 1. The highest BCUT2D eigenvalue weighted by atomic mass is 35.5. The molecule has 2 heterocycles. The van der Waals surface area contributed by atoms with Crippen molar-refractivity contribution in [3.8, 4) is 0 Å². The smallest absolute Gasteiger partial charge is 0.242 e. The molecule has 1 aromatic heterocycles. The maximum absolute atomic E-state index is 13.1. The summed E-state index contributed by atoms with van der Waals surface area (Å²) in [5.74, 6) is 0.0421. The van der Waals surface area contributed by atoms with Crippen LogP contribution in [0.4, 0.5) is 5.69 Å². The first-order valence-corrected chi connectivity index (χ1v) is 13.4. The SMILES string of the molecule is CN(C[C@@H](CCN1CCN(c2ccncc2)CC1)c1cccc(Cl)c1)S(=O)(=O)c1ccccc1. The van der Waals surface area contributed by atoms with Crippen LogP contribution in [0.3, 0.4) is 0 Å². The zero-order valence-corrected chi connectivity index (χ0v) is 21.0. The molecule has 0 saturated carbocycles. The van der Waals surface area contributed by atoms with Gasteiger partial charge in [0.1, 0.15) is 0 Å². The summed E-state index contributed by atoms with van der Waals surface area (Å²) in [5, 5.41) is 0.669. The van der Waals surface area contributed by atoms with Gasteiger partial charge in [-0.2, -0.15) is 0 Å². The van der Waals surface area contributed by atoms with Crippen LogP contribution in [0.2, 0.25) is 5.02 Å². The topological polar surface area (TPSA) is 56.8 Å². The molecule has 4 rings (SSSR count). The van der Waals surface area contributed by atoms with Crippen LogP contribution >= 0.6 is 11.6 Å². The summed E-state index contributed by atoms with van der Waals surface area (Å²) in [7, 11) is -1.90. The summed E-state index contributed by atoms with van der Waals surface area (Å²) in [6.45, 7) is 5.18. The summed E-state index contributed by atoms with van der Waals surface area (Å²) in [4.78, 5) is 9.26. The molecular formula is C26H31ClN4O2S. The molecule has 0 unspecified atom stereocenters. The van der Waals surface area contributed by atoms with Gasteiger partial charge in [-0.1, -0.05) is 41.9 Å². The third-order valence-corrected chi connectivity index (χ3v) is 8.52. The lowest BCUT2D eigenvalue weighted by molar-refractivity contribution is 0.244. The number of aromatic nitrogens is 1. The molecule has 0 N–H and O–H groups in total. The van der Waals surface area contributed by atoms with Gasteiger partial charge in [0.15, 0.2) is 0 Å². The Kier molecular flexibility index (Phi) is 8.21. The van der Waals surface area contributed by atoms with Crippen molar-refractivity contribution in [3.63, 3.8) is 0 Å². The zero-order chi connectivity index (χ0) is 24.0. The first-order valence-electron chi connectivity index (χ1n) is 11.6. The molecule has 0 spiro atoms. The molecule has 8 heteroatoms. The van der Waals surface area contributed by atoms with Crippen LogP contribution in [0.25, 0.3) is 0 Å². The van der Waals surface area contributed by atoms with Crippen molar-refractivity contribution in [1.29, 1.82) is 0 Å². The maximum Gasteiger partial charge on any atom is 0.242 e. The standard InChI is InChI=1S/C26H31ClN4O2S/c1-29(34(32,33)26-8-3-2-4-9-26)21-23(22-6-5-7-24(27)20-22)12-15-30-16-18-31(19-17-30)25-10-13-28-14-11-25/h2-11,13-14,20,23H,12,15-19,21H2,1H3/t23-/m1/s1. The van der Waals surface area contributed by atoms with E-state index in [1.165, 1.54) is 9.99 Å². The Balaban J connectivity index is 1.42. The summed E-state index contributed by atoms with van der Waals surface area (Å²) >= 11 is 6.28. The molecule has 1 saturated heterocycles. The molecule has 0 radical (unpaired) electrons. The number of likely N-dealkylation sites (N-methyl/N-ethyl adjacent to an activating group) is 1. The van der Waals surface area contributed by atoms with Gasteiger partial charge in [-0.15, -0.1) is 0 Å². The van der Waals surface area contributed by atoms with Gasteiger partial charge in [0, 0.05) is 62.9 Å². The minimum atomic E-state index is -3.56. The Labute approximate surface area is 207 Å². The number of benzene rings is 2. The Morgan fingerprint density at radius 1 is 0.971 bits per heavy atom. The van der Waals surface area contributed by atoms with E-state index in [-0.39, 0.29) is 5.92 Å². The molecule has 0 amide bonds. The van der Waals surface area contributed by atoms with Gasteiger partial charge in [0.25, 0.3) is 0 Å². The van der Waals surface area contributed by atoms with E-state index in [1.54, 1.807) is 31.3 Å². The molecule has 3 aromatic rings. The third-order valence-electron chi connectivity index (χ3n) is 6.44. The average molecular weight is 499 g/mol. The maximum atomic E-state index is 13.1. The lowest BCUT2D eigenvalue weighted by Gasteiger charge is -2.36. The van der Waals surface area contributed by atoms with Crippen LogP contribution in [0.15, 0.2) is 84.0 Å². The summed E-state index contributed by atoms with van der Waals surface area (Å²) in [6, 6.07) is 20.5. The molecule has 180 valence electrons. The number of piperazine rings is 1. The summed E-state index contributed by atoms with van der Waals surface area (Å²) in [6.07, 6.45) is 4.51. The van der Waals surface area contributed by atoms with Gasteiger partial charge in [-0.3, -0.25) is 9.88 Å². The van der Waals surface area contributed by atoms with Gasteiger partial charge >= 0.3 is 0 Å². The fourth-order valence-electron chi connectivity index (χ4n) is 4.43. The Hall–Kier alpha value is -2.45. The van der Waals surface area contributed by atoms with Crippen molar-refractivity contribution in [3.05, 3.63) is 89.7 Å². The van der Waals surface area contributed by atoms with Crippen molar-refractivity contribution in [2.75, 3.05) is 51.2 Å². The molecule has 34 heavy (non-hydrogen) atoms. The van der Waals surface area contributed by atoms with Crippen LogP contribution in [0.5, 0.6) is 0 Å². The highest BCUT2D eigenvalue weighted by Gasteiger charge is 2.26. The van der Waals surface area contributed by atoms with E-state index < -0.39 is 10.0 Å². The predicted molar refractivity (Wildman–Crippen MR) is 138 cm³/mol. The highest BCUT2D eigenvalue weighted by molar-refractivity contribution is 7.89. The molecule has 1 aliphatic rings. The lowest BCUT2D eigenvalue weighted by Crippen LogP contribution is -2.47. The molecule has 6 nitrogen and oxygen atoms in total. The molecule has 0 bridgehead atoms. The number of hydrogen-bond acceptors (Lipinski definition) is 5. The van der Waals surface area contributed by atoms with Crippen LogP contribution in [-0.2, 0) is 10.0 Å². The Morgan fingerprint density at radius 2 is 1.68 bits per heavy atom. The van der Waals surface area contributed by atoms with E-state index in [4.69, 9.17) is 11.6 Å². The van der Waals surface area contributed by atoms with Crippen molar-refractivity contribution in [2.45, 2.75) is 17.2 Å². The van der Waals surface area contributed by atoms with Crippen LogP contribution in [-0.4, -0.2) is 68.9 Å². The minimum Gasteiger partial charge on any atom is -0.369 e. The Bertz CT molecular complexity index is 1150. The number of rotatable bonds is 9. The monoisotopic (exact) mass is 498 g/mol. The molecule has 0 aliphatic carbocycles. The second-order valence-corrected chi connectivity index (χ2v) is 11.2. The quantitative estimate of drug-likeness (QED) is 0.439. The molecule has 2 aromatic carbocycles. The van der Waals surface area contributed by atoms with E-state index in [1.807, 2.05) is 54.9 Å². The lowest BCUT2D eigenvalue weighted by atomic mass is 9.95. The molecular weight excluding hydrogens is 468 g/mol. The van der Waals surface area contributed by atoms with Crippen molar-refractivity contribution >= 4 is 27.3 Å². The second kappa shape index (κ2) is 11.3. The first kappa shape index (κ1) is 24.7. The third kappa shape index (κ3) is 6.16. The zero-order valence-electron chi connectivity index (χ0n) is 19.4. The number of hydrogen-bond donors (Lipinski definition) is 0. The highest BCUT2D eigenvalue weighted by Crippen LogP contribution is 2.27. The summed E-state index contributed by atoms with van der Waals surface area (Å²) < 4.78 is 27.7. The van der Waals surface area contributed by atoms with E-state index in [0.717, 1.165) is 44.7 Å². The fraction of sp³-hybridized carbons (Fsp3) is 0.346. The van der Waals surface area contributed by atoms with E-state index >= 15 is 0 Å². The van der Waals surface area contributed by atoms with Gasteiger partial charge in [-0.05, 0) is 60.8 Å². The number of anilines is 1. The minimum absolute atomic E-state index is 0.0421. The number of nitrogens with zero attached hydrogens (tertiary/aromatic N) is 4. The summed E-state index contributed by atoms with van der Waals surface area (Å²) in [5.41, 5.74) is 2.28. The van der Waals surface area contributed by atoms with Crippen LogP contribution in [0, 0.1) is 0 Å². The Morgan fingerprint density at radius 3 is 2.35 bits per heavy atom. The molecule has 1 atom stereocenters. The van der Waals surface area contributed by atoms with Crippen LogP contribution < -0.4 is 4.90 Å². The fourth-order valence-corrected chi connectivity index (χ4v) is 5.86. The molecule has 1 fully saturated rings. The number of sulfonamides is 1. The van der Waals surface area contributed by atoms with Crippen LogP contribution in [0.1, 0.15) is 17.9 Å². The van der Waals surface area contributed by atoms with Gasteiger partial charge in [-0.25, -0.2) is 12.7 Å². The largest absolute Gasteiger partial charge is 0.369 e.